The largest absolute Gasteiger partial charge is 0.378 e. The van der Waals surface area contributed by atoms with E-state index in [9.17, 15) is 4.79 Å². The van der Waals surface area contributed by atoms with Gasteiger partial charge < -0.3 is 10.1 Å². The molecular weight excluding hydrogens is 168 g/mol. The highest BCUT2D eigenvalue weighted by Gasteiger charge is 2.46. The van der Waals surface area contributed by atoms with Gasteiger partial charge in [0, 0.05) is 19.4 Å². The maximum atomic E-state index is 11.6. The molecule has 0 aliphatic carbocycles. The van der Waals surface area contributed by atoms with Crippen LogP contribution < -0.4 is 5.32 Å². The number of carbonyl (C=O) groups excluding carboxylic acids is 1. The third kappa shape index (κ3) is 1.35. The number of amidine groups is 1. The molecule has 2 aliphatic heterocycles. The molecule has 0 aromatic rings. The first-order valence-electron chi connectivity index (χ1n) is 4.75. The molecule has 0 aromatic carbocycles. The fourth-order valence-electron chi connectivity index (χ4n) is 1.76. The summed E-state index contributed by atoms with van der Waals surface area (Å²) in [6, 6.07) is 0. The molecule has 0 bridgehead atoms. The number of amides is 1. The second-order valence-corrected chi connectivity index (χ2v) is 3.60. The van der Waals surface area contributed by atoms with Crippen LogP contribution in [-0.4, -0.2) is 30.5 Å². The van der Waals surface area contributed by atoms with Crippen LogP contribution in [0, 0.1) is 0 Å². The van der Waals surface area contributed by atoms with E-state index >= 15 is 0 Å². The number of carbonyl (C=O) groups is 1. The van der Waals surface area contributed by atoms with E-state index in [1.165, 1.54) is 0 Å². The van der Waals surface area contributed by atoms with Crippen LogP contribution in [0.5, 0.6) is 0 Å². The SMILES string of the molecule is CCCC1=NC2(CCOC2)C(=O)N1. The molecule has 2 rings (SSSR count). The van der Waals surface area contributed by atoms with Crippen molar-refractivity contribution in [1.29, 1.82) is 0 Å². The van der Waals surface area contributed by atoms with Crippen molar-refractivity contribution in [2.45, 2.75) is 31.7 Å². The van der Waals surface area contributed by atoms with Crippen LogP contribution in [-0.2, 0) is 9.53 Å². The summed E-state index contributed by atoms with van der Waals surface area (Å²) >= 11 is 0. The number of rotatable bonds is 2. The highest BCUT2D eigenvalue weighted by atomic mass is 16.5. The van der Waals surface area contributed by atoms with Crippen molar-refractivity contribution in [2.75, 3.05) is 13.2 Å². The molecule has 4 nitrogen and oxygen atoms in total. The quantitative estimate of drug-likeness (QED) is 0.675. The van der Waals surface area contributed by atoms with Gasteiger partial charge in [-0.15, -0.1) is 0 Å². The van der Waals surface area contributed by atoms with Crippen LogP contribution in [0.3, 0.4) is 0 Å². The summed E-state index contributed by atoms with van der Waals surface area (Å²) in [6.45, 7) is 3.17. The summed E-state index contributed by atoms with van der Waals surface area (Å²) in [7, 11) is 0. The van der Waals surface area contributed by atoms with E-state index in [4.69, 9.17) is 4.74 Å². The summed E-state index contributed by atoms with van der Waals surface area (Å²) in [6.07, 6.45) is 2.59. The molecule has 1 spiro atoms. The number of aliphatic imine (C=N–C) groups is 1. The molecule has 1 N–H and O–H groups in total. The number of hydrogen-bond donors (Lipinski definition) is 1. The number of ether oxygens (including phenoxy) is 1. The minimum absolute atomic E-state index is 0.0217. The molecule has 2 heterocycles. The fourth-order valence-corrected chi connectivity index (χ4v) is 1.76. The second kappa shape index (κ2) is 3.10. The van der Waals surface area contributed by atoms with E-state index in [0.29, 0.717) is 13.2 Å². The molecule has 1 amide bonds. The molecule has 1 fully saturated rings. The maximum absolute atomic E-state index is 11.6. The molecule has 13 heavy (non-hydrogen) atoms. The van der Waals surface area contributed by atoms with Gasteiger partial charge >= 0.3 is 0 Å². The maximum Gasteiger partial charge on any atom is 0.255 e. The van der Waals surface area contributed by atoms with E-state index in [-0.39, 0.29) is 5.91 Å². The van der Waals surface area contributed by atoms with Gasteiger partial charge in [-0.3, -0.25) is 9.79 Å². The Kier molecular flexibility index (Phi) is 2.07. The molecule has 4 heteroatoms. The first-order chi connectivity index (χ1) is 6.27. The molecule has 0 saturated carbocycles. The van der Waals surface area contributed by atoms with Gasteiger partial charge in [-0.1, -0.05) is 6.92 Å². The number of nitrogens with zero attached hydrogens (tertiary/aromatic N) is 1. The molecule has 72 valence electrons. The molecule has 1 unspecified atom stereocenters. The van der Waals surface area contributed by atoms with Gasteiger partial charge in [0.1, 0.15) is 5.84 Å². The summed E-state index contributed by atoms with van der Waals surface area (Å²) in [5.74, 6) is 0.853. The van der Waals surface area contributed by atoms with Crippen molar-refractivity contribution in [3.05, 3.63) is 0 Å². The Morgan fingerprint density at radius 2 is 2.54 bits per heavy atom. The predicted molar refractivity (Wildman–Crippen MR) is 48.7 cm³/mol. The minimum atomic E-state index is -0.565. The summed E-state index contributed by atoms with van der Waals surface area (Å²) in [5.41, 5.74) is -0.565. The standard InChI is InChI=1S/C9H14N2O2/c1-2-3-7-10-8(12)9(11-7)4-5-13-6-9/h2-6H2,1H3,(H,10,11,12). The van der Waals surface area contributed by atoms with Crippen LogP contribution in [0.1, 0.15) is 26.2 Å². The van der Waals surface area contributed by atoms with Crippen molar-refractivity contribution in [2.24, 2.45) is 4.99 Å². The number of hydrogen-bond acceptors (Lipinski definition) is 3. The van der Waals surface area contributed by atoms with E-state index in [2.05, 4.69) is 17.2 Å². The Bertz CT molecular complexity index is 254. The summed E-state index contributed by atoms with van der Waals surface area (Å²) < 4.78 is 5.21. The van der Waals surface area contributed by atoms with Crippen LogP contribution in [0.2, 0.25) is 0 Å². The molecule has 1 saturated heterocycles. The van der Waals surface area contributed by atoms with Crippen molar-refractivity contribution < 1.29 is 9.53 Å². The topological polar surface area (TPSA) is 50.7 Å². The predicted octanol–water partition coefficient (Wildman–Crippen LogP) is 0.474. The van der Waals surface area contributed by atoms with Crippen molar-refractivity contribution in [1.82, 2.24) is 5.32 Å². The van der Waals surface area contributed by atoms with E-state index in [1.807, 2.05) is 0 Å². The second-order valence-electron chi connectivity index (χ2n) is 3.60. The fraction of sp³-hybridized carbons (Fsp3) is 0.778. The zero-order chi connectivity index (χ0) is 9.31. The Balaban J connectivity index is 2.15. The van der Waals surface area contributed by atoms with Gasteiger partial charge in [-0.2, -0.15) is 0 Å². The van der Waals surface area contributed by atoms with Gasteiger partial charge in [0.25, 0.3) is 5.91 Å². The lowest BCUT2D eigenvalue weighted by atomic mass is 10.0. The van der Waals surface area contributed by atoms with Gasteiger partial charge in [0.05, 0.1) is 6.61 Å². The lowest BCUT2D eigenvalue weighted by molar-refractivity contribution is -0.123. The molecule has 1 atom stereocenters. The smallest absolute Gasteiger partial charge is 0.255 e. The third-order valence-corrected chi connectivity index (χ3v) is 2.52. The Morgan fingerprint density at radius 3 is 3.15 bits per heavy atom. The van der Waals surface area contributed by atoms with Crippen molar-refractivity contribution in [3.63, 3.8) is 0 Å². The first-order valence-corrected chi connectivity index (χ1v) is 4.75. The van der Waals surface area contributed by atoms with Gasteiger partial charge in [0.15, 0.2) is 5.54 Å². The van der Waals surface area contributed by atoms with Crippen molar-refractivity contribution >= 4 is 11.7 Å². The Labute approximate surface area is 77.4 Å². The highest BCUT2D eigenvalue weighted by Crippen LogP contribution is 2.27. The lowest BCUT2D eigenvalue weighted by Gasteiger charge is -2.12. The summed E-state index contributed by atoms with van der Waals surface area (Å²) in [5, 5.41) is 2.82. The third-order valence-electron chi connectivity index (χ3n) is 2.52. The number of nitrogens with one attached hydrogen (secondary N) is 1. The highest BCUT2D eigenvalue weighted by molar-refractivity contribution is 6.08. The molecule has 2 aliphatic rings. The monoisotopic (exact) mass is 182 g/mol. The van der Waals surface area contributed by atoms with E-state index in [1.54, 1.807) is 0 Å². The zero-order valence-corrected chi connectivity index (χ0v) is 7.80. The first kappa shape index (κ1) is 8.69. The average Bonchev–Trinajstić information content (AvgIpc) is 2.64. The van der Waals surface area contributed by atoms with Gasteiger partial charge in [-0.05, 0) is 6.42 Å². The lowest BCUT2D eigenvalue weighted by Crippen LogP contribution is -2.39. The van der Waals surface area contributed by atoms with Gasteiger partial charge in [-0.25, -0.2) is 0 Å². The molecular formula is C9H14N2O2. The molecule has 0 radical (unpaired) electrons. The van der Waals surface area contributed by atoms with Crippen LogP contribution in [0.15, 0.2) is 4.99 Å². The zero-order valence-electron chi connectivity index (χ0n) is 7.80. The summed E-state index contributed by atoms with van der Waals surface area (Å²) in [4.78, 5) is 16.0. The normalized spacial score (nSPS) is 32.4. The van der Waals surface area contributed by atoms with Gasteiger partial charge in [0.2, 0.25) is 0 Å². The average molecular weight is 182 g/mol. The Morgan fingerprint density at radius 1 is 1.69 bits per heavy atom. The Hall–Kier alpha value is -0.900. The van der Waals surface area contributed by atoms with Crippen LogP contribution in [0.25, 0.3) is 0 Å². The van der Waals surface area contributed by atoms with Crippen LogP contribution in [0.4, 0.5) is 0 Å². The van der Waals surface area contributed by atoms with E-state index in [0.717, 1.165) is 25.1 Å². The molecule has 0 aromatic heterocycles. The van der Waals surface area contributed by atoms with Crippen molar-refractivity contribution in [3.8, 4) is 0 Å². The minimum Gasteiger partial charge on any atom is -0.378 e. The van der Waals surface area contributed by atoms with Crippen LogP contribution >= 0.6 is 0 Å². The van der Waals surface area contributed by atoms with E-state index < -0.39 is 5.54 Å².